The van der Waals surface area contributed by atoms with Gasteiger partial charge in [-0.1, -0.05) is 56.4 Å². The Morgan fingerprint density at radius 3 is 2.31 bits per heavy atom. The van der Waals surface area contributed by atoms with E-state index in [0.717, 1.165) is 11.1 Å². The molecule has 32 heavy (non-hydrogen) atoms. The van der Waals surface area contributed by atoms with Gasteiger partial charge in [-0.2, -0.15) is 0 Å². The number of fused-ring (bicyclic) bond motifs is 2. The van der Waals surface area contributed by atoms with E-state index in [1.165, 1.54) is 0 Å². The summed E-state index contributed by atoms with van der Waals surface area (Å²) in [5.74, 6) is -0.699. The molecule has 7 atom stereocenters. The summed E-state index contributed by atoms with van der Waals surface area (Å²) >= 11 is 0. The molecule has 2 aliphatic heterocycles. The van der Waals surface area contributed by atoms with Crippen LogP contribution in [0.1, 0.15) is 48.5 Å². The highest BCUT2D eigenvalue weighted by Gasteiger charge is 2.73. The molecule has 2 heterocycles. The molecular weight excluding hydrogens is 404 g/mol. The summed E-state index contributed by atoms with van der Waals surface area (Å²) in [5, 5.41) is 0. The van der Waals surface area contributed by atoms with Crippen molar-refractivity contribution in [3.05, 3.63) is 59.8 Å². The van der Waals surface area contributed by atoms with Gasteiger partial charge in [0, 0.05) is 12.5 Å². The van der Waals surface area contributed by atoms with E-state index in [4.69, 9.17) is 14.2 Å². The van der Waals surface area contributed by atoms with Crippen molar-refractivity contribution in [3.8, 4) is 0 Å². The molecule has 3 aliphatic rings. The fourth-order valence-electron chi connectivity index (χ4n) is 5.23. The Morgan fingerprint density at radius 1 is 1.06 bits per heavy atom. The quantitative estimate of drug-likeness (QED) is 0.255. The van der Waals surface area contributed by atoms with Crippen molar-refractivity contribution < 1.29 is 23.8 Å². The van der Waals surface area contributed by atoms with E-state index in [1.807, 2.05) is 70.2 Å². The average molecular weight is 441 g/mol. The highest BCUT2D eigenvalue weighted by Crippen LogP contribution is 2.60. The molecule has 5 heteroatoms. The van der Waals surface area contributed by atoms with Crippen LogP contribution in [0.25, 0.3) is 0 Å². The lowest BCUT2D eigenvalue weighted by atomic mass is 9.68. The van der Waals surface area contributed by atoms with Gasteiger partial charge in [0.25, 0.3) is 0 Å². The normalized spacial score (nSPS) is 42.5. The SMILES string of the molecule is CO[C@@]1(C)C=C(C)[C@H](/C(C)=C/C=C/C=C/C=C/[C@]2(C)[C@H]3OC(=O)[C@]2(C)C(=O)[C@@H]3C)O[C@H]1C. The Labute approximate surface area is 191 Å². The van der Waals surface area contributed by atoms with Crippen LogP contribution in [0.3, 0.4) is 0 Å². The van der Waals surface area contributed by atoms with Gasteiger partial charge in [-0.3, -0.25) is 9.59 Å². The lowest BCUT2D eigenvalue weighted by molar-refractivity contribution is -0.161. The Kier molecular flexibility index (Phi) is 6.56. The number of ether oxygens (including phenoxy) is 3. The minimum atomic E-state index is -1.10. The lowest BCUT2D eigenvalue weighted by Gasteiger charge is -2.40. The van der Waals surface area contributed by atoms with Crippen molar-refractivity contribution in [2.24, 2.45) is 16.7 Å². The third-order valence-electron chi connectivity index (χ3n) is 7.85. The average Bonchev–Trinajstić information content (AvgIpc) is 3.03. The Hall–Kier alpha value is -2.24. The predicted octanol–water partition coefficient (Wildman–Crippen LogP) is 4.90. The number of esters is 1. The molecule has 0 radical (unpaired) electrons. The Balaban J connectivity index is 1.64. The zero-order chi connectivity index (χ0) is 23.9. The van der Waals surface area contributed by atoms with Gasteiger partial charge in [0.2, 0.25) is 0 Å². The van der Waals surface area contributed by atoms with Gasteiger partial charge in [-0.25, -0.2) is 0 Å². The molecule has 0 amide bonds. The molecule has 2 bridgehead atoms. The van der Waals surface area contributed by atoms with E-state index in [-0.39, 0.29) is 23.9 Å². The second kappa shape index (κ2) is 8.60. The van der Waals surface area contributed by atoms with Crippen LogP contribution in [0.5, 0.6) is 0 Å². The van der Waals surface area contributed by atoms with Crippen molar-refractivity contribution >= 4 is 11.8 Å². The lowest BCUT2D eigenvalue weighted by Crippen LogP contribution is -2.46. The summed E-state index contributed by atoms with van der Waals surface area (Å²) in [6.45, 7) is 13.7. The van der Waals surface area contributed by atoms with E-state index in [1.54, 1.807) is 14.0 Å². The Bertz CT molecular complexity index is 938. The van der Waals surface area contributed by atoms with Gasteiger partial charge < -0.3 is 14.2 Å². The number of methoxy groups -OCH3 is 1. The summed E-state index contributed by atoms with van der Waals surface area (Å²) in [5.41, 5.74) is 0.131. The molecule has 0 spiro atoms. The van der Waals surface area contributed by atoms with E-state index in [0.29, 0.717) is 0 Å². The van der Waals surface area contributed by atoms with E-state index < -0.39 is 28.5 Å². The minimum absolute atomic E-state index is 0.0233. The van der Waals surface area contributed by atoms with Crippen LogP contribution >= 0.6 is 0 Å². The maximum absolute atomic E-state index is 12.6. The fraction of sp³-hybridized carbons (Fsp3) is 0.556. The van der Waals surface area contributed by atoms with Crippen LogP contribution in [0.15, 0.2) is 59.8 Å². The first kappa shape index (κ1) is 24.4. The van der Waals surface area contributed by atoms with Gasteiger partial charge in [0.1, 0.15) is 17.1 Å². The Morgan fingerprint density at radius 2 is 1.69 bits per heavy atom. The molecule has 3 rings (SSSR count). The number of Topliss-reactive ketones (excluding diaryl/α,β-unsaturated/α-hetero) is 1. The zero-order valence-corrected chi connectivity index (χ0v) is 20.5. The molecule has 2 fully saturated rings. The van der Waals surface area contributed by atoms with Crippen molar-refractivity contribution in [1.29, 1.82) is 0 Å². The summed E-state index contributed by atoms with van der Waals surface area (Å²) in [4.78, 5) is 24.8. The van der Waals surface area contributed by atoms with Crippen LogP contribution in [0.4, 0.5) is 0 Å². The van der Waals surface area contributed by atoms with Crippen LogP contribution in [-0.4, -0.2) is 42.8 Å². The molecule has 1 saturated heterocycles. The largest absolute Gasteiger partial charge is 0.460 e. The van der Waals surface area contributed by atoms with Crippen LogP contribution in [0, 0.1) is 16.7 Å². The van der Waals surface area contributed by atoms with E-state index in [2.05, 4.69) is 19.9 Å². The second-order valence-corrected chi connectivity index (χ2v) is 9.86. The van der Waals surface area contributed by atoms with E-state index in [9.17, 15) is 9.59 Å². The summed E-state index contributed by atoms with van der Waals surface area (Å²) in [6.07, 6.45) is 15.3. The predicted molar refractivity (Wildman–Crippen MR) is 125 cm³/mol. The number of ketones is 1. The smallest absolute Gasteiger partial charge is 0.320 e. The first-order chi connectivity index (χ1) is 14.9. The topological polar surface area (TPSA) is 61.8 Å². The van der Waals surface area contributed by atoms with E-state index >= 15 is 0 Å². The molecular formula is C27H36O5. The van der Waals surface area contributed by atoms with Crippen molar-refractivity contribution in [1.82, 2.24) is 0 Å². The zero-order valence-electron chi connectivity index (χ0n) is 20.5. The first-order valence-electron chi connectivity index (χ1n) is 11.3. The molecule has 5 nitrogen and oxygen atoms in total. The number of carbonyl (C=O) groups is 2. The fourth-order valence-corrected chi connectivity index (χ4v) is 5.23. The molecule has 1 aliphatic carbocycles. The molecule has 1 saturated carbocycles. The minimum Gasteiger partial charge on any atom is -0.460 e. The third-order valence-corrected chi connectivity index (χ3v) is 7.85. The highest BCUT2D eigenvalue weighted by molar-refractivity contribution is 6.10. The maximum atomic E-state index is 12.6. The number of hydrogen-bond acceptors (Lipinski definition) is 5. The van der Waals surface area contributed by atoms with Gasteiger partial charge in [-0.15, -0.1) is 0 Å². The van der Waals surface area contributed by atoms with Crippen LogP contribution in [-0.2, 0) is 23.8 Å². The van der Waals surface area contributed by atoms with Crippen molar-refractivity contribution in [2.45, 2.75) is 72.4 Å². The number of allylic oxidation sites excluding steroid dienone is 6. The summed E-state index contributed by atoms with van der Waals surface area (Å²) < 4.78 is 17.3. The maximum Gasteiger partial charge on any atom is 0.320 e. The van der Waals surface area contributed by atoms with Gasteiger partial charge in [-0.05, 0) is 51.8 Å². The third kappa shape index (κ3) is 3.65. The monoisotopic (exact) mass is 440 g/mol. The van der Waals surface area contributed by atoms with Crippen LogP contribution < -0.4 is 0 Å². The number of hydrogen-bond donors (Lipinski definition) is 0. The number of rotatable bonds is 6. The molecule has 0 aromatic rings. The standard InChI is InChI=1S/C27H36O5/c1-17(21-18(2)16-26(6,30-8)20(4)31-21)14-12-10-9-11-13-15-25(5)23-19(3)22(28)27(25,7)24(29)32-23/h9-16,19-21,23H,1-8H3/b11-9+,12-10+,15-13+,17-14+/t19-,20-,21-,23-,25+,26-,27-/m0/s1. The summed E-state index contributed by atoms with van der Waals surface area (Å²) in [6, 6.07) is 0. The molecule has 0 aromatic heterocycles. The second-order valence-electron chi connectivity index (χ2n) is 9.86. The van der Waals surface area contributed by atoms with Crippen LogP contribution in [0.2, 0.25) is 0 Å². The molecule has 0 N–H and O–H groups in total. The first-order valence-corrected chi connectivity index (χ1v) is 11.3. The van der Waals surface area contributed by atoms with Gasteiger partial charge >= 0.3 is 5.97 Å². The number of carbonyl (C=O) groups excluding carboxylic acids is 2. The highest BCUT2D eigenvalue weighted by atomic mass is 16.6. The summed E-state index contributed by atoms with van der Waals surface area (Å²) in [7, 11) is 1.71. The molecule has 0 aromatic carbocycles. The van der Waals surface area contributed by atoms with Gasteiger partial charge in [0.05, 0.1) is 18.1 Å². The molecule has 174 valence electrons. The van der Waals surface area contributed by atoms with Gasteiger partial charge in [0.15, 0.2) is 5.78 Å². The molecule has 0 unspecified atom stereocenters. The van der Waals surface area contributed by atoms with Crippen molar-refractivity contribution in [3.63, 3.8) is 0 Å². The van der Waals surface area contributed by atoms with Crippen molar-refractivity contribution in [2.75, 3.05) is 7.11 Å².